The van der Waals surface area contributed by atoms with Gasteiger partial charge in [-0.1, -0.05) is 173 Å². The molecule has 0 bridgehead atoms. The zero-order chi connectivity index (χ0) is 32.2. The first kappa shape index (κ1) is 43.3. The van der Waals surface area contributed by atoms with Crippen LogP contribution < -0.4 is 11.1 Å². The van der Waals surface area contributed by atoms with E-state index in [9.17, 15) is 0 Å². The molecule has 0 saturated carbocycles. The number of hydrogen-bond donors (Lipinski definition) is 2. The van der Waals surface area contributed by atoms with Crippen LogP contribution >= 0.6 is 0 Å². The van der Waals surface area contributed by atoms with Crippen LogP contribution in [0.3, 0.4) is 0 Å². The predicted octanol–water partition coefficient (Wildman–Crippen LogP) is 12.7. The van der Waals surface area contributed by atoms with Crippen LogP contribution in [0.5, 0.6) is 0 Å². The Morgan fingerprint density at radius 2 is 0.864 bits per heavy atom. The number of hydrogen-bond acceptors (Lipinski definition) is 4. The highest BCUT2D eigenvalue weighted by atomic mass is 16.7. The van der Waals surface area contributed by atoms with E-state index in [2.05, 4.69) is 43.5 Å². The molecule has 0 aromatic heterocycles. The zero-order valence-corrected chi connectivity index (χ0v) is 30.5. The van der Waals surface area contributed by atoms with Crippen molar-refractivity contribution in [3.05, 3.63) is 24.3 Å². The minimum Gasteiger partial charge on any atom is -0.353 e. The van der Waals surface area contributed by atoms with Crippen LogP contribution in [-0.4, -0.2) is 26.3 Å². The minimum absolute atomic E-state index is 0.486. The second-order valence-electron chi connectivity index (χ2n) is 13.3. The average molecular weight is 621 g/mol. The average Bonchev–Trinajstić information content (AvgIpc) is 3.04. The van der Waals surface area contributed by atoms with Gasteiger partial charge in [0.25, 0.3) is 0 Å². The molecule has 0 aliphatic heterocycles. The van der Waals surface area contributed by atoms with Gasteiger partial charge >= 0.3 is 0 Å². The number of rotatable bonds is 36. The maximum Gasteiger partial charge on any atom is 0.171 e. The van der Waals surface area contributed by atoms with Crippen molar-refractivity contribution in [2.45, 2.75) is 219 Å². The molecule has 4 heteroatoms. The lowest BCUT2D eigenvalue weighted by Gasteiger charge is -2.35. The Labute approximate surface area is 277 Å². The first-order valence-corrected chi connectivity index (χ1v) is 19.6. The first-order chi connectivity index (χ1) is 21.6. The summed E-state index contributed by atoms with van der Waals surface area (Å²) in [5.41, 5.74) is 6.13. The molecule has 0 radical (unpaired) electrons. The molecule has 3 N–H and O–H groups in total. The van der Waals surface area contributed by atoms with Crippen LogP contribution in [0.4, 0.5) is 0 Å². The summed E-state index contributed by atoms with van der Waals surface area (Å²) in [4.78, 5) is 0. The van der Waals surface area contributed by atoms with Gasteiger partial charge in [0.05, 0.1) is 0 Å². The number of ether oxygens (including phenoxy) is 2. The summed E-state index contributed by atoms with van der Waals surface area (Å²) < 4.78 is 12.2. The lowest BCUT2D eigenvalue weighted by Crippen LogP contribution is -2.47. The number of allylic oxidation sites excluding steroid dienone is 4. The monoisotopic (exact) mass is 621 g/mol. The van der Waals surface area contributed by atoms with Gasteiger partial charge in [-0.2, -0.15) is 0 Å². The van der Waals surface area contributed by atoms with Crippen LogP contribution in [-0.2, 0) is 9.47 Å². The Hall–Kier alpha value is -0.680. The van der Waals surface area contributed by atoms with Crippen molar-refractivity contribution in [3.8, 4) is 0 Å². The molecule has 0 aliphatic carbocycles. The fourth-order valence-corrected chi connectivity index (χ4v) is 6.11. The number of methoxy groups -OCH3 is 1. The molecule has 0 heterocycles. The van der Waals surface area contributed by atoms with Gasteiger partial charge in [-0.25, -0.2) is 0 Å². The summed E-state index contributed by atoms with van der Waals surface area (Å²) in [6.07, 6.45) is 48.1. The molecule has 0 spiro atoms. The van der Waals surface area contributed by atoms with Crippen LogP contribution in [0, 0.1) is 0 Å². The van der Waals surface area contributed by atoms with Gasteiger partial charge in [0.15, 0.2) is 12.1 Å². The van der Waals surface area contributed by atoms with E-state index >= 15 is 0 Å². The molecule has 4 nitrogen and oxygen atoms in total. The Bertz CT molecular complexity index is 608. The number of nitrogens with one attached hydrogen (secondary N) is 1. The molecule has 44 heavy (non-hydrogen) atoms. The molecule has 2 unspecified atom stereocenters. The van der Waals surface area contributed by atoms with Gasteiger partial charge in [-0.15, -0.1) is 0 Å². The highest BCUT2D eigenvalue weighted by Gasteiger charge is 2.31. The SMILES string of the molecule is CCCCC/C=C\C/C=C\CCCCCCCCC(CCCCCCCCCCCCCCCCCC)(OC)OC(N)NC. The Balaban J connectivity index is 3.91. The normalized spacial score (nSPS) is 14.2. The molecule has 0 fully saturated rings. The van der Waals surface area contributed by atoms with E-state index in [1.165, 1.54) is 161 Å². The summed E-state index contributed by atoms with van der Waals surface area (Å²) >= 11 is 0. The van der Waals surface area contributed by atoms with E-state index in [0.717, 1.165) is 32.1 Å². The van der Waals surface area contributed by atoms with Crippen molar-refractivity contribution in [1.29, 1.82) is 0 Å². The predicted molar refractivity (Wildman–Crippen MR) is 196 cm³/mol. The fraction of sp³-hybridized carbons (Fsp3) is 0.900. The van der Waals surface area contributed by atoms with Crippen molar-refractivity contribution in [1.82, 2.24) is 5.32 Å². The standard InChI is InChI=1S/C40H80N2O2/c1-5-7-9-11-13-15-17-19-21-23-25-27-29-31-33-35-37-40(43-4,44-39(41)42-3)38-36-34-32-30-28-26-24-22-20-18-16-14-12-10-8-6-2/h13,15,19,21,39,42H,5-12,14,16-18,20,22-38,41H2,1-4H3/b15-13-,21-19-. The van der Waals surface area contributed by atoms with Crippen molar-refractivity contribution in [2.75, 3.05) is 14.2 Å². The summed E-state index contributed by atoms with van der Waals surface area (Å²) in [6.45, 7) is 4.56. The third kappa shape index (κ3) is 30.0. The Morgan fingerprint density at radius 3 is 1.25 bits per heavy atom. The first-order valence-electron chi connectivity index (χ1n) is 19.6. The van der Waals surface area contributed by atoms with Crippen LogP contribution in [0.1, 0.15) is 206 Å². The lowest BCUT2D eigenvalue weighted by atomic mass is 9.98. The van der Waals surface area contributed by atoms with Crippen molar-refractivity contribution in [3.63, 3.8) is 0 Å². The van der Waals surface area contributed by atoms with Crippen molar-refractivity contribution in [2.24, 2.45) is 5.73 Å². The molecule has 0 saturated heterocycles. The van der Waals surface area contributed by atoms with Crippen LogP contribution in [0.25, 0.3) is 0 Å². The second-order valence-corrected chi connectivity index (χ2v) is 13.3. The van der Waals surface area contributed by atoms with Crippen LogP contribution in [0.15, 0.2) is 24.3 Å². The summed E-state index contributed by atoms with van der Waals surface area (Å²) in [5, 5.41) is 3.03. The van der Waals surface area contributed by atoms with Crippen LogP contribution in [0.2, 0.25) is 0 Å². The number of nitrogens with two attached hydrogens (primary N) is 1. The highest BCUT2D eigenvalue weighted by molar-refractivity contribution is 4.92. The van der Waals surface area contributed by atoms with Gasteiger partial charge in [-0.05, 0) is 52.0 Å². The third-order valence-corrected chi connectivity index (χ3v) is 9.17. The van der Waals surface area contributed by atoms with Gasteiger partial charge in [0.2, 0.25) is 0 Å². The second kappa shape index (κ2) is 35.2. The van der Waals surface area contributed by atoms with E-state index in [1.807, 2.05) is 7.05 Å². The smallest absolute Gasteiger partial charge is 0.171 e. The molecule has 0 rings (SSSR count). The van der Waals surface area contributed by atoms with Crippen molar-refractivity contribution < 1.29 is 9.47 Å². The van der Waals surface area contributed by atoms with E-state index in [1.54, 1.807) is 7.11 Å². The van der Waals surface area contributed by atoms with E-state index in [-0.39, 0.29) is 0 Å². The maximum absolute atomic E-state index is 6.22. The minimum atomic E-state index is -0.562. The molecule has 0 aromatic carbocycles. The highest BCUT2D eigenvalue weighted by Crippen LogP contribution is 2.29. The van der Waals surface area contributed by atoms with Gasteiger partial charge < -0.3 is 9.47 Å². The summed E-state index contributed by atoms with van der Waals surface area (Å²) in [6, 6.07) is 0. The number of unbranched alkanes of at least 4 members (excludes halogenated alkanes) is 24. The van der Waals surface area contributed by atoms with E-state index in [4.69, 9.17) is 15.2 Å². The van der Waals surface area contributed by atoms with Crippen molar-refractivity contribution >= 4 is 0 Å². The fourth-order valence-electron chi connectivity index (χ4n) is 6.11. The topological polar surface area (TPSA) is 56.5 Å². The Morgan fingerprint density at radius 1 is 0.523 bits per heavy atom. The van der Waals surface area contributed by atoms with E-state index < -0.39 is 12.1 Å². The third-order valence-electron chi connectivity index (χ3n) is 9.17. The lowest BCUT2D eigenvalue weighted by molar-refractivity contribution is -0.258. The summed E-state index contributed by atoms with van der Waals surface area (Å²) in [7, 11) is 3.64. The molecular formula is C40H80N2O2. The quantitative estimate of drug-likeness (QED) is 0.0415. The molecular weight excluding hydrogens is 540 g/mol. The maximum atomic E-state index is 6.22. The summed E-state index contributed by atoms with van der Waals surface area (Å²) in [5.74, 6) is -0.562. The Kier molecular flexibility index (Phi) is 34.6. The van der Waals surface area contributed by atoms with Gasteiger partial charge in [-0.3, -0.25) is 11.1 Å². The van der Waals surface area contributed by atoms with Gasteiger partial charge in [0, 0.05) is 20.0 Å². The molecule has 2 atom stereocenters. The zero-order valence-electron chi connectivity index (χ0n) is 30.5. The van der Waals surface area contributed by atoms with E-state index in [0.29, 0.717) is 0 Å². The van der Waals surface area contributed by atoms with Gasteiger partial charge in [0.1, 0.15) is 0 Å². The molecule has 0 aliphatic rings. The largest absolute Gasteiger partial charge is 0.353 e. The molecule has 0 amide bonds. The molecule has 262 valence electrons. The molecule has 0 aromatic rings.